The van der Waals surface area contributed by atoms with E-state index in [9.17, 15) is 22.8 Å². The number of unbranched alkanes of at least 4 members (excludes halogenated alkanes) is 2. The van der Waals surface area contributed by atoms with Crippen molar-refractivity contribution >= 4 is 28.7 Å². The zero-order valence-corrected chi connectivity index (χ0v) is 25.4. The summed E-state index contributed by atoms with van der Waals surface area (Å²) in [5, 5.41) is 7.98. The van der Waals surface area contributed by atoms with Crippen LogP contribution in [0.2, 0.25) is 0 Å². The van der Waals surface area contributed by atoms with E-state index in [1.807, 2.05) is 9.72 Å². The number of hydrogen-bond donors (Lipinski definition) is 2. The molecule has 0 saturated carbocycles. The highest BCUT2D eigenvalue weighted by molar-refractivity contribution is 5.84. The second kappa shape index (κ2) is 15.1. The van der Waals surface area contributed by atoms with Crippen LogP contribution in [0, 0.1) is 12.3 Å². The SMILES string of the molecule is CC=N.CCCCC.Cc1cccc2c1n(-c1ccc(-c3nccn4cncc34)cn1)c(=O)n2CC(=O)NC(C)C(F)(F)F. The summed E-state index contributed by atoms with van der Waals surface area (Å²) in [6.07, 6.45) is 9.07. The molecule has 0 aliphatic heterocycles. The third kappa shape index (κ3) is 7.77. The number of fused-ring (bicyclic) bond motifs is 2. The highest BCUT2D eigenvalue weighted by Gasteiger charge is 2.37. The number of imidazole rings is 2. The summed E-state index contributed by atoms with van der Waals surface area (Å²) in [5.41, 5.74) is 3.22. The molecule has 0 spiro atoms. The Balaban J connectivity index is 0.000000592. The molecule has 5 aromatic rings. The molecule has 1 atom stereocenters. The molecule has 2 N–H and O–H groups in total. The summed E-state index contributed by atoms with van der Waals surface area (Å²) in [5.74, 6) is -0.628. The van der Waals surface area contributed by atoms with Crippen LogP contribution in [0.1, 0.15) is 52.5 Å². The summed E-state index contributed by atoms with van der Waals surface area (Å²) in [4.78, 5) is 38.8. The summed E-state index contributed by atoms with van der Waals surface area (Å²) in [6.45, 7) is 8.16. The zero-order chi connectivity index (χ0) is 32.4. The van der Waals surface area contributed by atoms with Crippen molar-refractivity contribution in [3.05, 3.63) is 77.5 Å². The molecule has 4 heterocycles. The molecule has 0 aliphatic rings. The molecule has 1 aromatic carbocycles. The number of rotatable bonds is 7. The van der Waals surface area contributed by atoms with Crippen molar-refractivity contribution in [1.82, 2.24) is 33.8 Å². The van der Waals surface area contributed by atoms with E-state index in [4.69, 9.17) is 5.41 Å². The quantitative estimate of drug-likeness (QED) is 0.215. The monoisotopic (exact) mass is 610 g/mol. The van der Waals surface area contributed by atoms with Gasteiger partial charge in [0.2, 0.25) is 5.91 Å². The van der Waals surface area contributed by atoms with Gasteiger partial charge in [-0.25, -0.2) is 19.3 Å². The summed E-state index contributed by atoms with van der Waals surface area (Å²) < 4.78 is 42.9. The van der Waals surface area contributed by atoms with Crippen LogP contribution in [0.15, 0.2) is 66.2 Å². The van der Waals surface area contributed by atoms with E-state index in [-0.39, 0.29) is 0 Å². The van der Waals surface area contributed by atoms with Gasteiger partial charge in [-0.3, -0.25) is 14.3 Å². The number of para-hydroxylation sites is 1. The normalized spacial score (nSPS) is 11.7. The van der Waals surface area contributed by atoms with Gasteiger partial charge in [-0.2, -0.15) is 13.2 Å². The van der Waals surface area contributed by atoms with Gasteiger partial charge in [0.05, 0.1) is 34.8 Å². The summed E-state index contributed by atoms with van der Waals surface area (Å²) >= 11 is 0. The lowest BCUT2D eigenvalue weighted by atomic mass is 10.2. The van der Waals surface area contributed by atoms with Crippen molar-refractivity contribution in [2.45, 2.75) is 72.6 Å². The van der Waals surface area contributed by atoms with Gasteiger partial charge in [0, 0.05) is 24.2 Å². The molecule has 4 aromatic heterocycles. The van der Waals surface area contributed by atoms with Crippen LogP contribution >= 0.6 is 0 Å². The molecule has 0 aliphatic carbocycles. The number of halogens is 3. The topological polar surface area (TPSA) is 123 Å². The fraction of sp³-hybridized carbons (Fsp3) is 0.355. The Labute approximate surface area is 253 Å². The van der Waals surface area contributed by atoms with Crippen molar-refractivity contribution in [3.63, 3.8) is 0 Å². The number of carbonyl (C=O) groups excluding carboxylic acids is 1. The van der Waals surface area contributed by atoms with Gasteiger partial charge in [-0.15, -0.1) is 0 Å². The number of hydrogen-bond acceptors (Lipinski definition) is 6. The number of nitrogens with zero attached hydrogens (tertiary/aromatic N) is 6. The molecule has 0 bridgehead atoms. The molecule has 44 heavy (non-hydrogen) atoms. The van der Waals surface area contributed by atoms with Crippen molar-refractivity contribution in [2.75, 3.05) is 0 Å². The van der Waals surface area contributed by atoms with Crippen molar-refractivity contribution < 1.29 is 18.0 Å². The number of aromatic nitrogens is 6. The molecule has 13 heteroatoms. The predicted octanol–water partition coefficient (Wildman–Crippen LogP) is 6.12. The minimum atomic E-state index is -4.59. The van der Waals surface area contributed by atoms with Gasteiger partial charge in [0.1, 0.15) is 18.4 Å². The third-order valence-electron chi connectivity index (χ3n) is 6.62. The standard InChI is InChI=1S/C24H20F3N7O2.C5H12.C2H5N/c1-14-4-3-5-17-22(14)34(23(36)33(17)12-20(35)31-15(2)24(25,26)27)19-7-6-16(10-30-19)21-18-11-28-13-32(18)9-8-29-21;1-3-5-4-2;1-2-3/h3-11,13,15H,12H2,1-2H3,(H,31,35);3-5H2,1-2H3;2-3H,1H3. The lowest BCUT2D eigenvalue weighted by Gasteiger charge is -2.17. The fourth-order valence-corrected chi connectivity index (χ4v) is 4.44. The highest BCUT2D eigenvalue weighted by Crippen LogP contribution is 2.25. The maximum Gasteiger partial charge on any atom is 0.408 e. The maximum atomic E-state index is 13.4. The molecular formula is C31H37F3N8O2. The molecule has 1 unspecified atom stereocenters. The Morgan fingerprint density at radius 3 is 2.39 bits per heavy atom. The first-order valence-electron chi connectivity index (χ1n) is 14.2. The van der Waals surface area contributed by atoms with Gasteiger partial charge >= 0.3 is 11.9 Å². The second-order valence-electron chi connectivity index (χ2n) is 9.99. The van der Waals surface area contributed by atoms with Crippen LogP contribution in [0.25, 0.3) is 33.6 Å². The van der Waals surface area contributed by atoms with Gasteiger partial charge in [-0.05, 0) is 50.7 Å². The zero-order valence-electron chi connectivity index (χ0n) is 25.4. The number of aryl methyl sites for hydroxylation is 1. The molecule has 1 amide bonds. The fourth-order valence-electron chi connectivity index (χ4n) is 4.44. The minimum absolute atomic E-state index is 0.298. The minimum Gasteiger partial charge on any atom is -0.343 e. The number of amides is 1. The molecule has 0 fully saturated rings. The van der Waals surface area contributed by atoms with Gasteiger partial charge < -0.3 is 15.1 Å². The van der Waals surface area contributed by atoms with Crippen LogP contribution < -0.4 is 11.0 Å². The van der Waals surface area contributed by atoms with Gasteiger partial charge in [0.15, 0.2) is 0 Å². The van der Waals surface area contributed by atoms with Crippen molar-refractivity contribution in [1.29, 1.82) is 5.41 Å². The van der Waals surface area contributed by atoms with E-state index in [0.717, 1.165) is 22.6 Å². The van der Waals surface area contributed by atoms with Crippen LogP contribution in [-0.2, 0) is 11.3 Å². The molecule has 5 rings (SSSR count). The molecule has 10 nitrogen and oxygen atoms in total. The van der Waals surface area contributed by atoms with Crippen LogP contribution in [0.4, 0.5) is 13.2 Å². The van der Waals surface area contributed by atoms with Gasteiger partial charge in [-0.1, -0.05) is 45.2 Å². The Kier molecular flexibility index (Phi) is 11.5. The first kappa shape index (κ1) is 33.7. The Bertz CT molecular complexity index is 1750. The van der Waals surface area contributed by atoms with E-state index >= 15 is 0 Å². The number of carbonyl (C=O) groups is 1. The molecule has 0 radical (unpaired) electrons. The van der Waals surface area contributed by atoms with E-state index < -0.39 is 30.4 Å². The number of alkyl halides is 3. The largest absolute Gasteiger partial charge is 0.408 e. The Morgan fingerprint density at radius 2 is 1.80 bits per heavy atom. The molecule has 234 valence electrons. The highest BCUT2D eigenvalue weighted by atomic mass is 19.4. The predicted molar refractivity (Wildman–Crippen MR) is 165 cm³/mol. The molecule has 0 saturated heterocycles. The van der Waals surface area contributed by atoms with Gasteiger partial charge in [0.25, 0.3) is 0 Å². The van der Waals surface area contributed by atoms with Crippen LogP contribution in [0.3, 0.4) is 0 Å². The number of nitrogens with one attached hydrogen (secondary N) is 2. The Morgan fingerprint density at radius 1 is 1.09 bits per heavy atom. The van der Waals surface area contributed by atoms with Crippen LogP contribution in [0.5, 0.6) is 0 Å². The van der Waals surface area contributed by atoms with E-state index in [1.54, 1.807) is 75.3 Å². The lowest BCUT2D eigenvalue weighted by Crippen LogP contribution is -2.45. The number of pyridine rings is 1. The second-order valence-corrected chi connectivity index (χ2v) is 9.99. The maximum absolute atomic E-state index is 13.4. The molecular weight excluding hydrogens is 573 g/mol. The van der Waals surface area contributed by atoms with E-state index in [2.05, 4.69) is 28.8 Å². The smallest absolute Gasteiger partial charge is 0.343 e. The van der Waals surface area contributed by atoms with E-state index in [1.165, 1.54) is 30.0 Å². The van der Waals surface area contributed by atoms with Crippen LogP contribution in [-0.4, -0.2) is 52.8 Å². The van der Waals surface area contributed by atoms with E-state index in [0.29, 0.717) is 28.1 Å². The summed E-state index contributed by atoms with van der Waals surface area (Å²) in [6, 6.07) is 6.53. The van der Waals surface area contributed by atoms with Crippen molar-refractivity contribution in [3.8, 4) is 17.1 Å². The first-order valence-corrected chi connectivity index (χ1v) is 14.2. The average Bonchev–Trinajstić information content (AvgIpc) is 3.57. The Hall–Kier alpha value is -4.81. The average molecular weight is 611 g/mol. The lowest BCUT2D eigenvalue weighted by molar-refractivity contribution is -0.158. The third-order valence-corrected chi connectivity index (χ3v) is 6.62. The first-order chi connectivity index (χ1) is 21.0. The number of benzene rings is 1. The summed E-state index contributed by atoms with van der Waals surface area (Å²) in [7, 11) is 0. The van der Waals surface area contributed by atoms with Crippen molar-refractivity contribution in [2.24, 2.45) is 0 Å².